The van der Waals surface area contributed by atoms with Crippen LogP contribution in [-0.4, -0.2) is 34.7 Å². The first-order chi connectivity index (χ1) is 9.66. The van der Waals surface area contributed by atoms with E-state index in [9.17, 15) is 9.59 Å². The van der Waals surface area contributed by atoms with E-state index in [1.807, 2.05) is 0 Å². The fraction of sp³-hybridized carbons (Fsp3) is 0.500. The molecule has 0 radical (unpaired) electrons. The van der Waals surface area contributed by atoms with E-state index >= 15 is 0 Å². The molecule has 1 aromatic heterocycles. The number of rotatable bonds is 5. The topological polar surface area (TPSA) is 88.5 Å². The van der Waals surface area contributed by atoms with E-state index in [0.29, 0.717) is 12.8 Å². The second-order valence-electron chi connectivity index (χ2n) is 4.78. The van der Waals surface area contributed by atoms with Gasteiger partial charge in [0.25, 0.3) is 0 Å². The molecule has 1 amide bonds. The SMILES string of the molecule is O=C(CCC1CCCCO1)Nc1ncccc1C(=O)O. The third-order valence-electron chi connectivity index (χ3n) is 3.26. The molecule has 1 saturated heterocycles. The van der Waals surface area contributed by atoms with E-state index < -0.39 is 5.97 Å². The van der Waals surface area contributed by atoms with Crippen LogP contribution in [0.15, 0.2) is 18.3 Å². The zero-order valence-electron chi connectivity index (χ0n) is 11.2. The summed E-state index contributed by atoms with van der Waals surface area (Å²) in [6, 6.07) is 2.93. The van der Waals surface area contributed by atoms with Crippen LogP contribution in [0.25, 0.3) is 0 Å². The van der Waals surface area contributed by atoms with Crippen molar-refractivity contribution >= 4 is 17.7 Å². The number of pyridine rings is 1. The van der Waals surface area contributed by atoms with Crippen molar-refractivity contribution in [2.75, 3.05) is 11.9 Å². The molecule has 1 aromatic rings. The van der Waals surface area contributed by atoms with Gasteiger partial charge in [-0.05, 0) is 37.8 Å². The van der Waals surface area contributed by atoms with Crippen molar-refractivity contribution in [3.05, 3.63) is 23.9 Å². The third kappa shape index (κ3) is 4.03. The molecule has 0 saturated carbocycles. The molecule has 108 valence electrons. The molecule has 0 spiro atoms. The first-order valence-corrected chi connectivity index (χ1v) is 6.76. The number of aromatic carboxylic acids is 1. The minimum absolute atomic E-state index is 0.00485. The summed E-state index contributed by atoms with van der Waals surface area (Å²) in [4.78, 5) is 26.7. The number of amides is 1. The number of carbonyl (C=O) groups excluding carboxylic acids is 1. The predicted molar refractivity (Wildman–Crippen MR) is 72.7 cm³/mol. The van der Waals surface area contributed by atoms with Crippen molar-refractivity contribution in [2.45, 2.75) is 38.2 Å². The highest BCUT2D eigenvalue weighted by Gasteiger charge is 2.17. The van der Waals surface area contributed by atoms with Gasteiger partial charge in [0.1, 0.15) is 11.4 Å². The number of ether oxygens (including phenoxy) is 1. The molecule has 0 aliphatic carbocycles. The van der Waals surface area contributed by atoms with Crippen molar-refractivity contribution < 1.29 is 19.4 Å². The van der Waals surface area contributed by atoms with Crippen molar-refractivity contribution in [3.8, 4) is 0 Å². The zero-order valence-corrected chi connectivity index (χ0v) is 11.2. The van der Waals surface area contributed by atoms with Gasteiger partial charge in [0, 0.05) is 19.2 Å². The van der Waals surface area contributed by atoms with E-state index in [1.165, 1.54) is 18.3 Å². The fourth-order valence-corrected chi connectivity index (χ4v) is 2.20. The largest absolute Gasteiger partial charge is 0.478 e. The molecule has 6 heteroatoms. The van der Waals surface area contributed by atoms with Gasteiger partial charge >= 0.3 is 5.97 Å². The predicted octanol–water partition coefficient (Wildman–Crippen LogP) is 2.07. The maximum atomic E-state index is 11.8. The molecule has 0 bridgehead atoms. The molecule has 1 fully saturated rings. The van der Waals surface area contributed by atoms with Crippen molar-refractivity contribution in [1.82, 2.24) is 4.98 Å². The first-order valence-electron chi connectivity index (χ1n) is 6.76. The molecule has 2 N–H and O–H groups in total. The van der Waals surface area contributed by atoms with Crippen LogP contribution in [0.4, 0.5) is 5.82 Å². The molecular weight excluding hydrogens is 260 g/mol. The highest BCUT2D eigenvalue weighted by atomic mass is 16.5. The summed E-state index contributed by atoms with van der Waals surface area (Å²) >= 11 is 0. The summed E-state index contributed by atoms with van der Waals surface area (Å²) in [5, 5.41) is 11.5. The highest BCUT2D eigenvalue weighted by Crippen LogP contribution is 2.18. The molecule has 2 heterocycles. The van der Waals surface area contributed by atoms with Crippen LogP contribution in [0.3, 0.4) is 0 Å². The average molecular weight is 278 g/mol. The Bertz CT molecular complexity index is 484. The molecule has 6 nitrogen and oxygen atoms in total. The summed E-state index contributed by atoms with van der Waals surface area (Å²) < 4.78 is 5.55. The summed E-state index contributed by atoms with van der Waals surface area (Å²) in [5.74, 6) is -1.25. The lowest BCUT2D eigenvalue weighted by atomic mass is 10.0. The number of carbonyl (C=O) groups is 2. The van der Waals surface area contributed by atoms with E-state index in [-0.39, 0.29) is 23.4 Å². The Hall–Kier alpha value is -1.95. The average Bonchev–Trinajstić information content (AvgIpc) is 2.46. The van der Waals surface area contributed by atoms with Gasteiger partial charge in [0.05, 0.1) is 6.10 Å². The zero-order chi connectivity index (χ0) is 14.4. The van der Waals surface area contributed by atoms with Crippen molar-refractivity contribution in [3.63, 3.8) is 0 Å². The lowest BCUT2D eigenvalue weighted by molar-refractivity contribution is -0.117. The molecule has 2 rings (SSSR count). The molecule has 1 aliphatic rings. The van der Waals surface area contributed by atoms with E-state index in [0.717, 1.165) is 25.9 Å². The van der Waals surface area contributed by atoms with Crippen LogP contribution in [0, 0.1) is 0 Å². The summed E-state index contributed by atoms with van der Waals surface area (Å²) in [7, 11) is 0. The van der Waals surface area contributed by atoms with Gasteiger partial charge in [0.15, 0.2) is 0 Å². The van der Waals surface area contributed by atoms with Gasteiger partial charge in [0.2, 0.25) is 5.91 Å². The number of aromatic nitrogens is 1. The van der Waals surface area contributed by atoms with Crippen LogP contribution >= 0.6 is 0 Å². The van der Waals surface area contributed by atoms with Crippen LogP contribution in [0.2, 0.25) is 0 Å². The van der Waals surface area contributed by atoms with E-state index in [1.54, 1.807) is 0 Å². The molecule has 1 unspecified atom stereocenters. The number of carboxylic acid groups (broad SMARTS) is 1. The molecule has 20 heavy (non-hydrogen) atoms. The maximum Gasteiger partial charge on any atom is 0.339 e. The minimum Gasteiger partial charge on any atom is -0.478 e. The molecule has 1 aliphatic heterocycles. The van der Waals surface area contributed by atoms with Gasteiger partial charge in [-0.2, -0.15) is 0 Å². The number of carboxylic acids is 1. The number of nitrogens with one attached hydrogen (secondary N) is 1. The maximum absolute atomic E-state index is 11.8. The monoisotopic (exact) mass is 278 g/mol. The quantitative estimate of drug-likeness (QED) is 0.860. The standard InChI is InChI=1S/C14H18N2O4/c17-12(7-6-10-4-1-2-9-20-10)16-13-11(14(18)19)5-3-8-15-13/h3,5,8,10H,1-2,4,6-7,9H2,(H,18,19)(H,15,16,17). The van der Waals surface area contributed by atoms with Crippen LogP contribution in [-0.2, 0) is 9.53 Å². The Morgan fingerprint density at radius 2 is 2.30 bits per heavy atom. The third-order valence-corrected chi connectivity index (χ3v) is 3.26. The van der Waals surface area contributed by atoms with Gasteiger partial charge in [-0.25, -0.2) is 9.78 Å². The Kier molecular flexibility index (Phi) is 5.06. The van der Waals surface area contributed by atoms with E-state index in [4.69, 9.17) is 9.84 Å². The Morgan fingerprint density at radius 3 is 3.00 bits per heavy atom. The first kappa shape index (κ1) is 14.5. The smallest absolute Gasteiger partial charge is 0.339 e. The number of hydrogen-bond donors (Lipinski definition) is 2. The Balaban J connectivity index is 1.86. The van der Waals surface area contributed by atoms with Crippen molar-refractivity contribution in [1.29, 1.82) is 0 Å². The number of anilines is 1. The van der Waals surface area contributed by atoms with Gasteiger partial charge in [-0.1, -0.05) is 0 Å². The molecule has 1 atom stereocenters. The summed E-state index contributed by atoms with van der Waals surface area (Å²) in [6.45, 7) is 0.760. The Morgan fingerprint density at radius 1 is 1.45 bits per heavy atom. The second kappa shape index (κ2) is 7.00. The van der Waals surface area contributed by atoms with Gasteiger partial charge in [-0.3, -0.25) is 4.79 Å². The number of nitrogens with zero attached hydrogens (tertiary/aromatic N) is 1. The van der Waals surface area contributed by atoms with Gasteiger partial charge < -0.3 is 15.2 Å². The molecule has 0 aromatic carbocycles. The van der Waals surface area contributed by atoms with Crippen LogP contribution < -0.4 is 5.32 Å². The minimum atomic E-state index is -1.11. The summed E-state index contributed by atoms with van der Waals surface area (Å²) in [5.41, 5.74) is -0.00485. The van der Waals surface area contributed by atoms with E-state index in [2.05, 4.69) is 10.3 Å². The molecular formula is C14H18N2O4. The lowest BCUT2D eigenvalue weighted by Gasteiger charge is -2.22. The van der Waals surface area contributed by atoms with Crippen LogP contribution in [0.5, 0.6) is 0 Å². The van der Waals surface area contributed by atoms with Crippen LogP contribution in [0.1, 0.15) is 42.5 Å². The summed E-state index contributed by atoms with van der Waals surface area (Å²) in [6.07, 6.45) is 5.75. The Labute approximate surface area is 117 Å². The lowest BCUT2D eigenvalue weighted by Crippen LogP contribution is -2.22. The van der Waals surface area contributed by atoms with Gasteiger partial charge in [-0.15, -0.1) is 0 Å². The normalized spacial score (nSPS) is 18.5. The highest BCUT2D eigenvalue weighted by molar-refractivity contribution is 5.99. The second-order valence-corrected chi connectivity index (χ2v) is 4.78. The van der Waals surface area contributed by atoms with Crippen molar-refractivity contribution in [2.24, 2.45) is 0 Å². The number of hydrogen-bond acceptors (Lipinski definition) is 4. The fourth-order valence-electron chi connectivity index (χ4n) is 2.20.